The van der Waals surface area contributed by atoms with Crippen LogP contribution in [0.3, 0.4) is 0 Å². The van der Waals surface area contributed by atoms with Crippen molar-refractivity contribution in [2.24, 2.45) is 10.7 Å². The van der Waals surface area contributed by atoms with E-state index in [4.69, 9.17) is 27.1 Å². The van der Waals surface area contributed by atoms with Gasteiger partial charge in [0.1, 0.15) is 11.5 Å². The lowest BCUT2D eigenvalue weighted by Crippen LogP contribution is -2.42. The van der Waals surface area contributed by atoms with E-state index in [1.165, 1.54) is 4.90 Å². The van der Waals surface area contributed by atoms with Crippen molar-refractivity contribution < 1.29 is 9.53 Å². The summed E-state index contributed by atoms with van der Waals surface area (Å²) in [4.78, 5) is 23.9. The molecule has 1 spiro atoms. The molecule has 7 heteroatoms. The topological polar surface area (TPSA) is 80.8 Å². The molecule has 3 heterocycles. The van der Waals surface area contributed by atoms with Gasteiger partial charge in [0.25, 0.3) is 5.91 Å². The molecule has 156 valence electrons. The molecule has 0 fully saturated rings. The number of guanidine groups is 1. The Kier molecular flexibility index (Phi) is 4.48. The first-order chi connectivity index (χ1) is 14.9. The van der Waals surface area contributed by atoms with Gasteiger partial charge in [-0.25, -0.2) is 4.99 Å². The van der Waals surface area contributed by atoms with Crippen LogP contribution in [0, 0.1) is 0 Å². The number of nitrogens with two attached hydrogens (primary N) is 1. The fraction of sp³-hybridized carbons (Fsp3) is 0.208. The van der Waals surface area contributed by atoms with E-state index in [0.717, 1.165) is 29.5 Å². The number of aromatic nitrogens is 1. The molecule has 2 aliphatic heterocycles. The highest BCUT2D eigenvalue weighted by atomic mass is 35.5. The van der Waals surface area contributed by atoms with E-state index in [1.54, 1.807) is 19.4 Å². The second-order valence-corrected chi connectivity index (χ2v) is 8.27. The van der Waals surface area contributed by atoms with E-state index >= 15 is 0 Å². The minimum absolute atomic E-state index is 0.180. The van der Waals surface area contributed by atoms with Crippen LogP contribution in [0.15, 0.2) is 59.9 Å². The molecular weight excluding hydrogens is 412 g/mol. The molecule has 0 aliphatic carbocycles. The van der Waals surface area contributed by atoms with Crippen LogP contribution in [0.2, 0.25) is 5.02 Å². The summed E-state index contributed by atoms with van der Waals surface area (Å²) in [6, 6.07) is 13.5. The summed E-state index contributed by atoms with van der Waals surface area (Å²) in [5.74, 6) is 1.17. The number of benzene rings is 2. The number of pyridine rings is 1. The molecule has 0 bridgehead atoms. The van der Waals surface area contributed by atoms with Crippen LogP contribution >= 0.6 is 11.6 Å². The molecule has 0 radical (unpaired) electrons. The molecule has 1 atom stereocenters. The third-order valence-corrected chi connectivity index (χ3v) is 6.05. The zero-order valence-corrected chi connectivity index (χ0v) is 18.0. The van der Waals surface area contributed by atoms with Crippen LogP contribution in [0.4, 0.5) is 0 Å². The molecule has 1 amide bonds. The first kappa shape index (κ1) is 19.6. The highest BCUT2D eigenvalue weighted by Gasteiger charge is 2.54. The lowest BCUT2D eigenvalue weighted by atomic mass is 9.78. The molecule has 1 aromatic heterocycles. The Balaban J connectivity index is 1.77. The Morgan fingerprint density at radius 1 is 1.06 bits per heavy atom. The van der Waals surface area contributed by atoms with Crippen molar-refractivity contribution in [1.29, 1.82) is 0 Å². The Hall–Kier alpha value is -3.38. The maximum atomic E-state index is 13.6. The Labute approximate surface area is 185 Å². The first-order valence-electron chi connectivity index (χ1n) is 10.1. The number of carbonyl (C=O) groups is 1. The van der Waals surface area contributed by atoms with Gasteiger partial charge in [0.2, 0.25) is 5.54 Å². The van der Waals surface area contributed by atoms with Crippen molar-refractivity contribution >= 4 is 23.5 Å². The van der Waals surface area contributed by atoms with E-state index in [9.17, 15) is 4.79 Å². The zero-order chi connectivity index (χ0) is 21.8. The molecule has 2 N–H and O–H groups in total. The molecule has 6 nitrogen and oxygen atoms in total. The number of fused-ring (bicyclic) bond motifs is 4. The van der Waals surface area contributed by atoms with Crippen molar-refractivity contribution in [2.45, 2.75) is 25.3 Å². The lowest BCUT2D eigenvalue weighted by Gasteiger charge is -2.34. The molecule has 5 rings (SSSR count). The third kappa shape index (κ3) is 2.90. The van der Waals surface area contributed by atoms with Gasteiger partial charge in [-0.2, -0.15) is 0 Å². The quantitative estimate of drug-likeness (QED) is 0.661. The number of aliphatic imine (C=N–C) groups is 1. The summed E-state index contributed by atoms with van der Waals surface area (Å²) in [7, 11) is 1.64. The number of likely N-dealkylation sites (N-methyl/N-ethyl adjacent to an activating group) is 1. The van der Waals surface area contributed by atoms with Crippen LogP contribution < -0.4 is 10.5 Å². The highest BCUT2D eigenvalue weighted by Crippen LogP contribution is 2.52. The van der Waals surface area contributed by atoms with E-state index in [1.807, 2.05) is 42.5 Å². The van der Waals surface area contributed by atoms with E-state index in [0.29, 0.717) is 27.6 Å². The molecule has 2 aliphatic rings. The number of rotatable bonds is 3. The number of amides is 1. The lowest BCUT2D eigenvalue weighted by molar-refractivity contribution is -0.129. The number of ether oxygens (including phenoxy) is 1. The van der Waals surface area contributed by atoms with Gasteiger partial charge in [-0.1, -0.05) is 37.1 Å². The van der Waals surface area contributed by atoms with Crippen LogP contribution in [-0.2, 0) is 16.8 Å². The molecule has 2 aromatic carbocycles. The summed E-state index contributed by atoms with van der Waals surface area (Å²) in [5, 5.41) is 0.537. The number of aryl methyl sites for hydroxylation is 1. The van der Waals surface area contributed by atoms with Gasteiger partial charge >= 0.3 is 0 Å². The highest BCUT2D eigenvalue weighted by molar-refractivity contribution is 6.30. The molecule has 1 unspecified atom stereocenters. The number of nitrogens with zero attached hydrogens (tertiary/aromatic N) is 3. The van der Waals surface area contributed by atoms with E-state index in [-0.39, 0.29) is 11.9 Å². The smallest absolute Gasteiger partial charge is 0.266 e. The predicted octanol–water partition coefficient (Wildman–Crippen LogP) is 4.49. The van der Waals surface area contributed by atoms with Crippen LogP contribution in [0.25, 0.3) is 11.1 Å². The second kappa shape index (κ2) is 7.10. The SMILES string of the molecule is CCCc1ccc2c(c1)C1(N=C(N)N(C)C1=O)c1cc(-c3cncc(Cl)c3)ccc1O2. The van der Waals surface area contributed by atoms with Crippen LogP contribution in [-0.4, -0.2) is 28.8 Å². The van der Waals surface area contributed by atoms with Gasteiger partial charge in [-0.05, 0) is 47.9 Å². The molecular formula is C24H21ClN4O2. The van der Waals surface area contributed by atoms with Crippen molar-refractivity contribution in [3.05, 3.63) is 76.6 Å². The number of halogens is 1. The Morgan fingerprint density at radius 3 is 2.48 bits per heavy atom. The zero-order valence-electron chi connectivity index (χ0n) is 17.2. The Bertz CT molecular complexity index is 1260. The molecule has 0 saturated heterocycles. The summed E-state index contributed by atoms with van der Waals surface area (Å²) in [5.41, 5.74) is 9.05. The number of hydrogen-bond acceptors (Lipinski definition) is 5. The normalized spacial score (nSPS) is 19.1. The predicted molar refractivity (Wildman–Crippen MR) is 120 cm³/mol. The Morgan fingerprint density at radius 2 is 1.81 bits per heavy atom. The van der Waals surface area contributed by atoms with Crippen LogP contribution in [0.1, 0.15) is 30.0 Å². The molecule has 31 heavy (non-hydrogen) atoms. The van der Waals surface area contributed by atoms with E-state index in [2.05, 4.69) is 11.9 Å². The van der Waals surface area contributed by atoms with Gasteiger partial charge < -0.3 is 10.5 Å². The van der Waals surface area contributed by atoms with E-state index < -0.39 is 5.54 Å². The minimum Gasteiger partial charge on any atom is -0.457 e. The summed E-state index contributed by atoms with van der Waals surface area (Å²) >= 11 is 6.15. The van der Waals surface area contributed by atoms with Crippen molar-refractivity contribution in [3.8, 4) is 22.6 Å². The fourth-order valence-corrected chi connectivity index (χ4v) is 4.47. The third-order valence-electron chi connectivity index (χ3n) is 5.84. The fourth-order valence-electron chi connectivity index (χ4n) is 4.30. The number of carbonyl (C=O) groups excluding carboxylic acids is 1. The van der Waals surface area contributed by atoms with Crippen molar-refractivity contribution in [1.82, 2.24) is 9.88 Å². The first-order valence-corrected chi connectivity index (χ1v) is 10.5. The average Bonchev–Trinajstić information content (AvgIpc) is 2.99. The van der Waals surface area contributed by atoms with Gasteiger partial charge in [0, 0.05) is 36.1 Å². The van der Waals surface area contributed by atoms with Gasteiger partial charge in [-0.15, -0.1) is 0 Å². The van der Waals surface area contributed by atoms with Gasteiger partial charge in [0.15, 0.2) is 5.96 Å². The van der Waals surface area contributed by atoms with Crippen LogP contribution in [0.5, 0.6) is 11.5 Å². The minimum atomic E-state index is -1.28. The standard InChI is InChI=1S/C24H21ClN4O2/c1-3-4-14-5-7-20-18(9-14)24(22(30)29(2)23(26)28-24)19-11-15(6-8-21(19)31-20)16-10-17(25)13-27-12-16/h5-13H,3-4H2,1-2H3,(H2,26,28). The number of hydrogen-bond donors (Lipinski definition) is 1. The molecule has 0 saturated carbocycles. The average molecular weight is 433 g/mol. The largest absolute Gasteiger partial charge is 0.457 e. The van der Waals surface area contributed by atoms with Crippen molar-refractivity contribution in [2.75, 3.05) is 7.05 Å². The van der Waals surface area contributed by atoms with Gasteiger partial charge in [-0.3, -0.25) is 14.7 Å². The monoisotopic (exact) mass is 432 g/mol. The second-order valence-electron chi connectivity index (χ2n) is 7.83. The summed E-state index contributed by atoms with van der Waals surface area (Å²) < 4.78 is 6.21. The van der Waals surface area contributed by atoms with Gasteiger partial charge in [0.05, 0.1) is 5.02 Å². The summed E-state index contributed by atoms with van der Waals surface area (Å²) in [6.45, 7) is 2.12. The van der Waals surface area contributed by atoms with Crippen molar-refractivity contribution in [3.63, 3.8) is 0 Å². The molecule has 3 aromatic rings. The maximum absolute atomic E-state index is 13.6. The maximum Gasteiger partial charge on any atom is 0.266 e. The summed E-state index contributed by atoms with van der Waals surface area (Å²) in [6.07, 6.45) is 5.21.